The SMILES string of the molecule is Cc1ccccc1-c1nnc(SCc2cc(=O)n3c(C)csc3n2)n1C. The summed E-state index contributed by atoms with van der Waals surface area (Å²) < 4.78 is 3.62. The van der Waals surface area contributed by atoms with Gasteiger partial charge in [-0.25, -0.2) is 4.98 Å². The Morgan fingerprint density at radius 1 is 1.19 bits per heavy atom. The molecule has 8 heteroatoms. The third kappa shape index (κ3) is 2.95. The summed E-state index contributed by atoms with van der Waals surface area (Å²) in [6.07, 6.45) is 0. The van der Waals surface area contributed by atoms with Crippen molar-refractivity contribution in [2.24, 2.45) is 7.05 Å². The number of rotatable bonds is 4. The molecule has 0 amide bonds. The molecule has 0 radical (unpaired) electrons. The molecule has 0 N–H and O–H groups in total. The number of thiazole rings is 1. The first-order valence-electron chi connectivity index (χ1n) is 8.09. The van der Waals surface area contributed by atoms with Gasteiger partial charge < -0.3 is 4.57 Å². The predicted octanol–water partition coefficient (Wildman–Crippen LogP) is 3.46. The first-order chi connectivity index (χ1) is 12.5. The molecule has 0 unspecified atom stereocenters. The molecule has 6 nitrogen and oxygen atoms in total. The minimum atomic E-state index is -0.0390. The number of benzene rings is 1. The first kappa shape index (κ1) is 17.0. The van der Waals surface area contributed by atoms with Crippen molar-refractivity contribution in [2.45, 2.75) is 24.8 Å². The van der Waals surface area contributed by atoms with Gasteiger partial charge >= 0.3 is 0 Å². The van der Waals surface area contributed by atoms with Gasteiger partial charge in [-0.15, -0.1) is 21.5 Å². The molecule has 0 bridgehead atoms. The van der Waals surface area contributed by atoms with Crippen LogP contribution < -0.4 is 5.56 Å². The number of aromatic nitrogens is 5. The van der Waals surface area contributed by atoms with E-state index in [-0.39, 0.29) is 5.56 Å². The van der Waals surface area contributed by atoms with E-state index in [9.17, 15) is 4.79 Å². The van der Waals surface area contributed by atoms with Gasteiger partial charge in [0.25, 0.3) is 5.56 Å². The van der Waals surface area contributed by atoms with Crippen LogP contribution >= 0.6 is 23.1 Å². The zero-order chi connectivity index (χ0) is 18.3. The third-order valence-electron chi connectivity index (χ3n) is 4.20. The van der Waals surface area contributed by atoms with Crippen LogP contribution in [0.1, 0.15) is 17.0 Å². The van der Waals surface area contributed by atoms with Gasteiger partial charge in [-0.2, -0.15) is 0 Å². The zero-order valence-corrected chi connectivity index (χ0v) is 16.3. The molecule has 4 rings (SSSR count). The fraction of sp³-hybridized carbons (Fsp3) is 0.222. The van der Waals surface area contributed by atoms with Crippen LogP contribution in [0.5, 0.6) is 0 Å². The Hall–Kier alpha value is -2.45. The maximum atomic E-state index is 12.3. The Labute approximate surface area is 158 Å². The van der Waals surface area contributed by atoms with E-state index in [0.717, 1.165) is 38.5 Å². The Kier molecular flexibility index (Phi) is 4.37. The molecule has 3 heterocycles. The normalized spacial score (nSPS) is 11.3. The predicted molar refractivity (Wildman–Crippen MR) is 105 cm³/mol. The summed E-state index contributed by atoms with van der Waals surface area (Å²) in [5, 5.41) is 11.4. The van der Waals surface area contributed by atoms with E-state index in [1.807, 2.05) is 42.1 Å². The molecule has 26 heavy (non-hydrogen) atoms. The summed E-state index contributed by atoms with van der Waals surface area (Å²) in [5.74, 6) is 1.41. The van der Waals surface area contributed by atoms with E-state index in [1.54, 1.807) is 10.5 Å². The highest BCUT2D eigenvalue weighted by Gasteiger charge is 2.14. The van der Waals surface area contributed by atoms with Crippen molar-refractivity contribution in [3.8, 4) is 11.4 Å². The summed E-state index contributed by atoms with van der Waals surface area (Å²) >= 11 is 3.01. The van der Waals surface area contributed by atoms with Crippen LogP contribution in [-0.2, 0) is 12.8 Å². The molecule has 0 aliphatic heterocycles. The largest absolute Gasteiger partial charge is 0.305 e. The van der Waals surface area contributed by atoms with Gasteiger partial charge in [-0.05, 0) is 19.4 Å². The third-order valence-corrected chi connectivity index (χ3v) is 6.20. The van der Waals surface area contributed by atoms with Crippen LogP contribution in [0, 0.1) is 13.8 Å². The van der Waals surface area contributed by atoms with Crippen molar-refractivity contribution in [3.05, 3.63) is 63.0 Å². The minimum Gasteiger partial charge on any atom is -0.305 e. The molecule has 3 aromatic heterocycles. The van der Waals surface area contributed by atoms with E-state index in [4.69, 9.17) is 0 Å². The molecule has 0 aliphatic rings. The second kappa shape index (κ2) is 6.69. The Balaban J connectivity index is 1.60. The molecule has 1 aromatic carbocycles. The molecule has 0 spiro atoms. The number of hydrogen-bond acceptors (Lipinski definition) is 6. The Morgan fingerprint density at radius 3 is 2.81 bits per heavy atom. The zero-order valence-electron chi connectivity index (χ0n) is 14.6. The number of thioether (sulfide) groups is 1. The lowest BCUT2D eigenvalue weighted by atomic mass is 10.1. The monoisotopic (exact) mass is 383 g/mol. The van der Waals surface area contributed by atoms with Crippen molar-refractivity contribution in [3.63, 3.8) is 0 Å². The van der Waals surface area contributed by atoms with Crippen molar-refractivity contribution >= 4 is 28.1 Å². The Bertz CT molecular complexity index is 1160. The number of aryl methyl sites for hydroxylation is 2. The van der Waals surface area contributed by atoms with Crippen LogP contribution in [0.3, 0.4) is 0 Å². The Morgan fingerprint density at radius 2 is 2.00 bits per heavy atom. The van der Waals surface area contributed by atoms with Gasteiger partial charge in [0.1, 0.15) is 0 Å². The maximum absolute atomic E-state index is 12.3. The van der Waals surface area contributed by atoms with E-state index in [2.05, 4.69) is 28.2 Å². The molecular weight excluding hydrogens is 366 g/mol. The number of fused-ring (bicyclic) bond motifs is 1. The first-order valence-corrected chi connectivity index (χ1v) is 9.96. The molecule has 0 atom stereocenters. The number of nitrogens with zero attached hydrogens (tertiary/aromatic N) is 5. The standard InChI is InChI=1S/C18H17N5OS2/c1-11-6-4-5-7-14(11)16-20-21-18(22(16)3)26-10-13-8-15(24)23-12(2)9-25-17(23)19-13/h4-9H,10H2,1-3H3. The summed E-state index contributed by atoms with van der Waals surface area (Å²) in [6, 6.07) is 9.71. The smallest absolute Gasteiger partial charge is 0.258 e. The van der Waals surface area contributed by atoms with Gasteiger partial charge in [0, 0.05) is 35.5 Å². The van der Waals surface area contributed by atoms with E-state index < -0.39 is 0 Å². The second-order valence-corrected chi connectivity index (χ2v) is 7.83. The quantitative estimate of drug-likeness (QED) is 0.505. The average Bonchev–Trinajstić information content (AvgIpc) is 3.17. The lowest BCUT2D eigenvalue weighted by Crippen LogP contribution is -2.14. The summed E-state index contributed by atoms with van der Waals surface area (Å²) in [6.45, 7) is 3.97. The highest BCUT2D eigenvalue weighted by atomic mass is 32.2. The highest BCUT2D eigenvalue weighted by Crippen LogP contribution is 2.26. The van der Waals surface area contributed by atoms with E-state index in [0.29, 0.717) is 5.75 Å². The molecule has 4 aromatic rings. The fourth-order valence-electron chi connectivity index (χ4n) is 2.81. The maximum Gasteiger partial charge on any atom is 0.258 e. The lowest BCUT2D eigenvalue weighted by Gasteiger charge is -2.06. The van der Waals surface area contributed by atoms with Crippen LogP contribution in [0.2, 0.25) is 0 Å². The average molecular weight is 384 g/mol. The van der Waals surface area contributed by atoms with Crippen molar-refractivity contribution < 1.29 is 0 Å². The number of hydrogen-bond donors (Lipinski definition) is 0. The van der Waals surface area contributed by atoms with E-state index >= 15 is 0 Å². The van der Waals surface area contributed by atoms with Gasteiger partial charge in [-0.3, -0.25) is 9.20 Å². The minimum absolute atomic E-state index is 0.0390. The van der Waals surface area contributed by atoms with Gasteiger partial charge in [0.15, 0.2) is 15.9 Å². The summed E-state index contributed by atoms with van der Waals surface area (Å²) in [7, 11) is 1.96. The lowest BCUT2D eigenvalue weighted by molar-refractivity contribution is 0.793. The van der Waals surface area contributed by atoms with Crippen molar-refractivity contribution in [1.82, 2.24) is 24.1 Å². The molecular formula is C18H17N5OS2. The van der Waals surface area contributed by atoms with Gasteiger partial charge in [0.05, 0.1) is 5.69 Å². The van der Waals surface area contributed by atoms with Gasteiger partial charge in [0.2, 0.25) is 0 Å². The van der Waals surface area contributed by atoms with Crippen molar-refractivity contribution in [2.75, 3.05) is 0 Å². The summed E-state index contributed by atoms with van der Waals surface area (Å²) in [4.78, 5) is 17.6. The molecule has 0 saturated heterocycles. The van der Waals surface area contributed by atoms with E-state index in [1.165, 1.54) is 23.1 Å². The fourth-order valence-corrected chi connectivity index (χ4v) is 4.51. The topological polar surface area (TPSA) is 65.1 Å². The van der Waals surface area contributed by atoms with Gasteiger partial charge in [-0.1, -0.05) is 36.0 Å². The van der Waals surface area contributed by atoms with Crippen molar-refractivity contribution in [1.29, 1.82) is 0 Å². The summed E-state index contributed by atoms with van der Waals surface area (Å²) in [5.41, 5.74) is 3.86. The van der Waals surface area contributed by atoms with Crippen LogP contribution in [-0.4, -0.2) is 24.1 Å². The molecule has 0 saturated carbocycles. The van der Waals surface area contributed by atoms with Crippen LogP contribution in [0.25, 0.3) is 16.3 Å². The van der Waals surface area contributed by atoms with Crippen LogP contribution in [0.15, 0.2) is 45.7 Å². The molecule has 0 fully saturated rings. The highest BCUT2D eigenvalue weighted by molar-refractivity contribution is 7.98. The molecule has 132 valence electrons. The van der Waals surface area contributed by atoms with Crippen LogP contribution in [0.4, 0.5) is 0 Å². The second-order valence-electron chi connectivity index (χ2n) is 6.05. The molecule has 0 aliphatic carbocycles.